The summed E-state index contributed by atoms with van der Waals surface area (Å²) in [5.41, 5.74) is 0.930. The van der Waals surface area contributed by atoms with E-state index in [9.17, 15) is 13.2 Å². The summed E-state index contributed by atoms with van der Waals surface area (Å²) >= 11 is 0. The summed E-state index contributed by atoms with van der Waals surface area (Å²) in [6.07, 6.45) is 2.38. The number of carbonyl (C=O) groups is 1. The average molecular weight is 309 g/mol. The van der Waals surface area contributed by atoms with Crippen LogP contribution in [0.1, 0.15) is 29.6 Å². The van der Waals surface area contributed by atoms with Crippen LogP contribution in [-0.2, 0) is 16.3 Å². The second-order valence-electron chi connectivity index (χ2n) is 4.65. The van der Waals surface area contributed by atoms with Gasteiger partial charge in [-0.1, -0.05) is 13.3 Å². The summed E-state index contributed by atoms with van der Waals surface area (Å²) < 4.78 is 28.1. The standard InChI is InChI=1S/C14H15NO5S/c1-3-4-11-12(14(16)17)20-13(15-11)9-5-7-10(8-6-9)21(2,18)19/h5-8H,3-4H2,1-2H3,(H,16,17). The Labute approximate surface area is 122 Å². The largest absolute Gasteiger partial charge is 0.475 e. The number of oxazole rings is 1. The highest BCUT2D eigenvalue weighted by Crippen LogP contribution is 2.24. The Kier molecular flexibility index (Phi) is 4.13. The smallest absolute Gasteiger partial charge is 0.373 e. The highest BCUT2D eigenvalue weighted by Gasteiger charge is 2.20. The molecule has 0 saturated carbocycles. The van der Waals surface area contributed by atoms with Crippen LogP contribution < -0.4 is 0 Å². The van der Waals surface area contributed by atoms with Crippen LogP contribution in [0.15, 0.2) is 33.6 Å². The van der Waals surface area contributed by atoms with Crippen molar-refractivity contribution in [2.45, 2.75) is 24.7 Å². The Balaban J connectivity index is 2.42. The van der Waals surface area contributed by atoms with Gasteiger partial charge in [-0.3, -0.25) is 0 Å². The molecule has 0 aliphatic heterocycles. The summed E-state index contributed by atoms with van der Waals surface area (Å²) in [4.78, 5) is 15.5. The number of carboxylic acid groups (broad SMARTS) is 1. The summed E-state index contributed by atoms with van der Waals surface area (Å²) in [6.45, 7) is 1.92. The van der Waals surface area contributed by atoms with Crippen molar-refractivity contribution < 1.29 is 22.7 Å². The van der Waals surface area contributed by atoms with Gasteiger partial charge in [-0.2, -0.15) is 0 Å². The quantitative estimate of drug-likeness (QED) is 0.910. The number of carboxylic acids is 1. The molecule has 0 aliphatic carbocycles. The molecule has 1 N–H and O–H groups in total. The molecular formula is C14H15NO5S. The van der Waals surface area contributed by atoms with Gasteiger partial charge in [0.2, 0.25) is 11.7 Å². The van der Waals surface area contributed by atoms with Crippen LogP contribution >= 0.6 is 0 Å². The lowest BCUT2D eigenvalue weighted by atomic mass is 10.2. The maximum atomic E-state index is 11.4. The van der Waals surface area contributed by atoms with Crippen LogP contribution in [0.3, 0.4) is 0 Å². The van der Waals surface area contributed by atoms with Crippen molar-refractivity contribution in [1.82, 2.24) is 4.98 Å². The Morgan fingerprint density at radius 2 is 1.90 bits per heavy atom. The molecule has 0 fully saturated rings. The number of benzene rings is 1. The zero-order chi connectivity index (χ0) is 15.6. The van der Waals surface area contributed by atoms with Crippen molar-refractivity contribution in [3.63, 3.8) is 0 Å². The zero-order valence-electron chi connectivity index (χ0n) is 11.7. The molecule has 0 saturated heterocycles. The number of sulfone groups is 1. The van der Waals surface area contributed by atoms with E-state index in [1.165, 1.54) is 12.1 Å². The van der Waals surface area contributed by atoms with Gasteiger partial charge in [0.25, 0.3) is 0 Å². The summed E-state index contributed by atoms with van der Waals surface area (Å²) in [5, 5.41) is 9.09. The van der Waals surface area contributed by atoms with Crippen molar-refractivity contribution >= 4 is 15.8 Å². The van der Waals surface area contributed by atoms with E-state index in [1.54, 1.807) is 12.1 Å². The normalized spacial score (nSPS) is 11.5. The van der Waals surface area contributed by atoms with E-state index in [2.05, 4.69) is 4.98 Å². The van der Waals surface area contributed by atoms with Crippen molar-refractivity contribution in [2.75, 3.05) is 6.26 Å². The minimum atomic E-state index is -3.27. The van der Waals surface area contributed by atoms with Crippen LogP contribution in [0.2, 0.25) is 0 Å². The molecule has 7 heteroatoms. The molecule has 1 aromatic carbocycles. The molecule has 6 nitrogen and oxygen atoms in total. The second kappa shape index (κ2) is 5.69. The maximum Gasteiger partial charge on any atom is 0.373 e. The van der Waals surface area contributed by atoms with Crippen molar-refractivity contribution in [3.05, 3.63) is 35.7 Å². The molecule has 0 spiro atoms. The molecule has 112 valence electrons. The Bertz CT molecular complexity index is 759. The van der Waals surface area contributed by atoms with Gasteiger partial charge < -0.3 is 9.52 Å². The molecule has 1 aromatic heterocycles. The Morgan fingerprint density at radius 3 is 2.38 bits per heavy atom. The molecule has 0 atom stereocenters. The van der Waals surface area contributed by atoms with Crippen molar-refractivity contribution in [1.29, 1.82) is 0 Å². The fraction of sp³-hybridized carbons (Fsp3) is 0.286. The van der Waals surface area contributed by atoms with Crippen LogP contribution in [0, 0.1) is 0 Å². The molecule has 0 radical (unpaired) electrons. The van der Waals surface area contributed by atoms with Crippen molar-refractivity contribution in [2.24, 2.45) is 0 Å². The molecule has 2 aromatic rings. The molecule has 2 rings (SSSR count). The van der Waals surface area contributed by atoms with E-state index in [0.29, 0.717) is 17.7 Å². The minimum absolute atomic E-state index is 0.168. The van der Waals surface area contributed by atoms with E-state index in [-0.39, 0.29) is 16.5 Å². The predicted molar refractivity (Wildman–Crippen MR) is 76.0 cm³/mol. The van der Waals surface area contributed by atoms with E-state index in [0.717, 1.165) is 12.7 Å². The van der Waals surface area contributed by atoms with Crippen LogP contribution in [0.25, 0.3) is 11.5 Å². The van der Waals surface area contributed by atoms with E-state index >= 15 is 0 Å². The molecule has 1 heterocycles. The number of nitrogens with zero attached hydrogens (tertiary/aromatic N) is 1. The van der Waals surface area contributed by atoms with Gasteiger partial charge in [0.05, 0.1) is 10.6 Å². The minimum Gasteiger partial charge on any atom is -0.475 e. The van der Waals surface area contributed by atoms with E-state index in [1.807, 2.05) is 6.92 Å². The predicted octanol–water partition coefficient (Wildman–Crippen LogP) is 2.40. The van der Waals surface area contributed by atoms with E-state index < -0.39 is 15.8 Å². The Hall–Kier alpha value is -2.15. The monoisotopic (exact) mass is 309 g/mol. The molecule has 0 amide bonds. The highest BCUT2D eigenvalue weighted by atomic mass is 32.2. The third-order valence-corrected chi connectivity index (χ3v) is 4.04. The lowest BCUT2D eigenvalue weighted by Crippen LogP contribution is -1.99. The summed E-state index contributed by atoms with van der Waals surface area (Å²) in [6, 6.07) is 5.97. The van der Waals surface area contributed by atoms with Gasteiger partial charge in [-0.15, -0.1) is 0 Å². The number of hydrogen-bond acceptors (Lipinski definition) is 5. The molecule has 0 aliphatic rings. The lowest BCUT2D eigenvalue weighted by molar-refractivity contribution is 0.0661. The first kappa shape index (κ1) is 15.2. The van der Waals surface area contributed by atoms with Crippen LogP contribution in [0.4, 0.5) is 0 Å². The van der Waals surface area contributed by atoms with Gasteiger partial charge in [0, 0.05) is 11.8 Å². The number of rotatable bonds is 5. The third-order valence-electron chi connectivity index (χ3n) is 2.91. The SMILES string of the molecule is CCCc1nc(-c2ccc(S(C)(=O)=O)cc2)oc1C(=O)O. The first-order valence-electron chi connectivity index (χ1n) is 6.36. The summed E-state index contributed by atoms with van der Waals surface area (Å²) in [7, 11) is -3.27. The van der Waals surface area contributed by atoms with Gasteiger partial charge in [-0.05, 0) is 30.7 Å². The number of hydrogen-bond donors (Lipinski definition) is 1. The van der Waals surface area contributed by atoms with Crippen LogP contribution in [0.5, 0.6) is 0 Å². The number of aromatic carboxylic acids is 1. The fourth-order valence-electron chi connectivity index (χ4n) is 1.89. The first-order chi connectivity index (χ1) is 9.82. The van der Waals surface area contributed by atoms with Crippen LogP contribution in [-0.4, -0.2) is 30.7 Å². The lowest BCUT2D eigenvalue weighted by Gasteiger charge is -1.99. The number of aromatic nitrogens is 1. The third kappa shape index (κ3) is 3.30. The number of aryl methyl sites for hydroxylation is 1. The second-order valence-corrected chi connectivity index (χ2v) is 6.66. The average Bonchev–Trinajstić information content (AvgIpc) is 2.82. The molecular weight excluding hydrogens is 294 g/mol. The van der Waals surface area contributed by atoms with Gasteiger partial charge in [-0.25, -0.2) is 18.2 Å². The fourth-order valence-corrected chi connectivity index (χ4v) is 2.52. The molecule has 0 bridgehead atoms. The first-order valence-corrected chi connectivity index (χ1v) is 8.25. The van der Waals surface area contributed by atoms with Crippen molar-refractivity contribution in [3.8, 4) is 11.5 Å². The Morgan fingerprint density at radius 1 is 1.29 bits per heavy atom. The van der Waals surface area contributed by atoms with Gasteiger partial charge in [0.1, 0.15) is 0 Å². The summed E-state index contributed by atoms with van der Waals surface area (Å²) in [5.74, 6) is -1.15. The van der Waals surface area contributed by atoms with E-state index in [4.69, 9.17) is 9.52 Å². The van der Waals surface area contributed by atoms with Gasteiger partial charge in [0.15, 0.2) is 9.84 Å². The molecule has 0 unspecified atom stereocenters. The maximum absolute atomic E-state index is 11.4. The zero-order valence-corrected chi connectivity index (χ0v) is 12.5. The topological polar surface area (TPSA) is 97.5 Å². The van der Waals surface area contributed by atoms with Gasteiger partial charge >= 0.3 is 5.97 Å². The highest BCUT2D eigenvalue weighted by molar-refractivity contribution is 7.90. The molecule has 21 heavy (non-hydrogen) atoms.